The summed E-state index contributed by atoms with van der Waals surface area (Å²) >= 11 is 0. The van der Waals surface area contributed by atoms with E-state index in [2.05, 4.69) is 10.5 Å². The normalized spacial score (nSPS) is 11.6. The number of amides is 1. The van der Waals surface area contributed by atoms with Gasteiger partial charge in [-0.3, -0.25) is 9.10 Å². The molecule has 160 valence electrons. The van der Waals surface area contributed by atoms with Crippen molar-refractivity contribution in [1.29, 1.82) is 0 Å². The zero-order valence-electron chi connectivity index (χ0n) is 17.2. The first kappa shape index (κ1) is 22.0. The highest BCUT2D eigenvalue weighted by Crippen LogP contribution is 2.25. The number of benzene rings is 3. The topological polar surface area (TPSA) is 88.1 Å². The summed E-state index contributed by atoms with van der Waals surface area (Å²) in [7, 11) is -3.69. The third-order valence-corrected chi connectivity index (χ3v) is 5.47. The summed E-state index contributed by atoms with van der Waals surface area (Å²) in [6, 6.07) is 25.1. The van der Waals surface area contributed by atoms with Crippen LogP contribution >= 0.6 is 0 Å². The van der Waals surface area contributed by atoms with Crippen LogP contribution in [0, 0.1) is 0 Å². The van der Waals surface area contributed by atoms with Gasteiger partial charge in [0.1, 0.15) is 18.0 Å². The number of hydrazone groups is 1. The fourth-order valence-electron chi connectivity index (χ4n) is 2.76. The van der Waals surface area contributed by atoms with Gasteiger partial charge >= 0.3 is 0 Å². The smallest absolute Gasteiger partial charge is 0.260 e. The molecule has 7 nitrogen and oxygen atoms in total. The molecule has 0 radical (unpaired) electrons. The predicted octanol–water partition coefficient (Wildman–Crippen LogP) is 3.79. The van der Waals surface area contributed by atoms with Gasteiger partial charge in [-0.1, -0.05) is 48.5 Å². The SMILES string of the molecule is C/C(=N\NC(=O)CN(c1ccc(Oc2ccccc2)cc1)S(C)(=O)=O)c1ccccc1. The molecular weight excluding hydrogens is 414 g/mol. The van der Waals surface area contributed by atoms with Crippen LogP contribution in [-0.4, -0.2) is 32.8 Å². The van der Waals surface area contributed by atoms with Crippen LogP contribution in [0.2, 0.25) is 0 Å². The first-order valence-corrected chi connectivity index (χ1v) is 11.4. The molecule has 0 aliphatic carbocycles. The molecule has 0 atom stereocenters. The maximum absolute atomic E-state index is 12.4. The van der Waals surface area contributed by atoms with E-state index in [9.17, 15) is 13.2 Å². The largest absolute Gasteiger partial charge is 0.457 e. The van der Waals surface area contributed by atoms with Gasteiger partial charge in [0, 0.05) is 0 Å². The average Bonchev–Trinajstić information content (AvgIpc) is 2.77. The maximum Gasteiger partial charge on any atom is 0.260 e. The second kappa shape index (κ2) is 9.90. The van der Waals surface area contributed by atoms with E-state index in [0.717, 1.165) is 16.1 Å². The number of anilines is 1. The van der Waals surface area contributed by atoms with Crippen molar-refractivity contribution >= 4 is 27.3 Å². The van der Waals surface area contributed by atoms with Crippen molar-refractivity contribution in [3.05, 3.63) is 90.5 Å². The molecule has 0 unspecified atom stereocenters. The molecule has 0 aliphatic heterocycles. The molecule has 0 aromatic heterocycles. The number of nitrogens with zero attached hydrogens (tertiary/aromatic N) is 2. The van der Waals surface area contributed by atoms with Crippen molar-refractivity contribution in [2.75, 3.05) is 17.1 Å². The van der Waals surface area contributed by atoms with Crippen LogP contribution in [0.25, 0.3) is 0 Å². The Morgan fingerprint density at radius 1 is 0.903 bits per heavy atom. The Morgan fingerprint density at radius 3 is 2.03 bits per heavy atom. The molecule has 0 heterocycles. The second-order valence-corrected chi connectivity index (χ2v) is 8.68. The Morgan fingerprint density at radius 2 is 1.45 bits per heavy atom. The summed E-state index contributed by atoms with van der Waals surface area (Å²) in [5.41, 5.74) is 4.24. The number of carbonyl (C=O) groups excluding carboxylic acids is 1. The lowest BCUT2D eigenvalue weighted by Crippen LogP contribution is -2.39. The van der Waals surface area contributed by atoms with Crippen LogP contribution in [0.5, 0.6) is 11.5 Å². The quantitative estimate of drug-likeness (QED) is 0.429. The van der Waals surface area contributed by atoms with Gasteiger partial charge in [-0.2, -0.15) is 5.10 Å². The highest BCUT2D eigenvalue weighted by molar-refractivity contribution is 7.92. The lowest BCUT2D eigenvalue weighted by atomic mass is 10.1. The Balaban J connectivity index is 1.70. The maximum atomic E-state index is 12.4. The standard InChI is InChI=1S/C23H23N3O4S/c1-18(19-9-5-3-6-10-19)24-25-23(27)17-26(31(2,28)29)20-13-15-22(16-14-20)30-21-11-7-4-8-12-21/h3-16H,17H2,1-2H3,(H,25,27)/b24-18+. The summed E-state index contributed by atoms with van der Waals surface area (Å²) in [5, 5.41) is 4.06. The Hall–Kier alpha value is -3.65. The Bertz CT molecular complexity index is 1150. The average molecular weight is 438 g/mol. The monoisotopic (exact) mass is 437 g/mol. The number of sulfonamides is 1. The van der Waals surface area contributed by atoms with E-state index < -0.39 is 22.5 Å². The van der Waals surface area contributed by atoms with Crippen LogP contribution in [0.15, 0.2) is 90.0 Å². The van der Waals surface area contributed by atoms with Gasteiger partial charge in [0.15, 0.2) is 0 Å². The molecule has 1 N–H and O–H groups in total. The molecule has 0 bridgehead atoms. The number of rotatable bonds is 8. The second-order valence-electron chi connectivity index (χ2n) is 6.78. The molecule has 0 spiro atoms. The van der Waals surface area contributed by atoms with Gasteiger partial charge in [0.25, 0.3) is 5.91 Å². The van der Waals surface area contributed by atoms with Crippen LogP contribution in [0.4, 0.5) is 5.69 Å². The van der Waals surface area contributed by atoms with E-state index in [4.69, 9.17) is 4.74 Å². The third-order valence-electron chi connectivity index (χ3n) is 4.33. The van der Waals surface area contributed by atoms with E-state index in [0.29, 0.717) is 22.9 Å². The number of nitrogens with one attached hydrogen (secondary N) is 1. The van der Waals surface area contributed by atoms with Crippen molar-refractivity contribution in [2.45, 2.75) is 6.92 Å². The summed E-state index contributed by atoms with van der Waals surface area (Å²) in [5.74, 6) is 0.669. The molecule has 0 fully saturated rings. The predicted molar refractivity (Wildman–Crippen MR) is 122 cm³/mol. The lowest BCUT2D eigenvalue weighted by Gasteiger charge is -2.21. The van der Waals surface area contributed by atoms with Crippen LogP contribution in [0.1, 0.15) is 12.5 Å². The van der Waals surface area contributed by atoms with Crippen molar-refractivity contribution < 1.29 is 17.9 Å². The first-order chi connectivity index (χ1) is 14.8. The molecule has 31 heavy (non-hydrogen) atoms. The minimum absolute atomic E-state index is 0.349. The van der Waals surface area contributed by atoms with Gasteiger partial charge in [0.2, 0.25) is 10.0 Å². The summed E-state index contributed by atoms with van der Waals surface area (Å²) < 4.78 is 31.3. The molecule has 8 heteroatoms. The van der Waals surface area contributed by atoms with Crippen molar-refractivity contribution in [1.82, 2.24) is 5.43 Å². The molecule has 3 rings (SSSR count). The lowest BCUT2D eigenvalue weighted by molar-refractivity contribution is -0.119. The van der Waals surface area contributed by atoms with Gasteiger partial charge in [-0.25, -0.2) is 13.8 Å². The highest BCUT2D eigenvalue weighted by atomic mass is 32.2. The van der Waals surface area contributed by atoms with Gasteiger partial charge in [-0.05, 0) is 48.9 Å². The third kappa shape index (κ3) is 6.42. The fourth-order valence-corrected chi connectivity index (χ4v) is 3.62. The van der Waals surface area contributed by atoms with Gasteiger partial charge in [-0.15, -0.1) is 0 Å². The zero-order chi connectivity index (χ0) is 22.3. The van der Waals surface area contributed by atoms with E-state index in [-0.39, 0.29) is 0 Å². The van der Waals surface area contributed by atoms with E-state index >= 15 is 0 Å². The van der Waals surface area contributed by atoms with Crippen molar-refractivity contribution in [2.24, 2.45) is 5.10 Å². The summed E-state index contributed by atoms with van der Waals surface area (Å²) in [6.45, 7) is 1.36. The Kier molecular flexibility index (Phi) is 7.04. The minimum Gasteiger partial charge on any atom is -0.457 e. The van der Waals surface area contributed by atoms with E-state index in [1.165, 1.54) is 0 Å². The van der Waals surface area contributed by atoms with Crippen LogP contribution in [-0.2, 0) is 14.8 Å². The van der Waals surface area contributed by atoms with Crippen LogP contribution in [0.3, 0.4) is 0 Å². The van der Waals surface area contributed by atoms with Gasteiger partial charge < -0.3 is 4.74 Å². The van der Waals surface area contributed by atoms with Crippen LogP contribution < -0.4 is 14.5 Å². The highest BCUT2D eigenvalue weighted by Gasteiger charge is 2.21. The van der Waals surface area contributed by atoms with Crippen molar-refractivity contribution in [3.8, 4) is 11.5 Å². The van der Waals surface area contributed by atoms with Gasteiger partial charge in [0.05, 0.1) is 17.7 Å². The molecule has 3 aromatic carbocycles. The molecule has 3 aromatic rings. The first-order valence-electron chi connectivity index (χ1n) is 9.52. The summed E-state index contributed by atoms with van der Waals surface area (Å²) in [4.78, 5) is 12.4. The molecule has 0 saturated carbocycles. The molecule has 1 amide bonds. The number of hydrogen-bond acceptors (Lipinski definition) is 5. The molecule has 0 aliphatic rings. The molecular formula is C23H23N3O4S. The van der Waals surface area contributed by atoms with Crippen molar-refractivity contribution in [3.63, 3.8) is 0 Å². The van der Waals surface area contributed by atoms with E-state index in [1.807, 2.05) is 60.7 Å². The zero-order valence-corrected chi connectivity index (χ0v) is 18.0. The summed E-state index contributed by atoms with van der Waals surface area (Å²) in [6.07, 6.45) is 1.05. The number of para-hydroxylation sites is 1. The number of hydrogen-bond donors (Lipinski definition) is 1. The Labute approximate surface area is 182 Å². The number of ether oxygens (including phenoxy) is 1. The molecule has 0 saturated heterocycles. The van der Waals surface area contributed by atoms with E-state index in [1.54, 1.807) is 31.2 Å². The fraction of sp³-hybridized carbons (Fsp3) is 0.130. The minimum atomic E-state index is -3.69. The number of carbonyl (C=O) groups is 1.